The quantitative estimate of drug-likeness (QED) is 0.367. The first-order chi connectivity index (χ1) is 14.5. The Morgan fingerprint density at radius 3 is 2.45 bits per heavy atom. The van der Waals surface area contributed by atoms with E-state index in [0.717, 1.165) is 16.5 Å². The molecule has 31 heavy (non-hydrogen) atoms. The van der Waals surface area contributed by atoms with Gasteiger partial charge in [0.2, 0.25) is 5.91 Å². The van der Waals surface area contributed by atoms with Crippen molar-refractivity contribution in [3.63, 3.8) is 0 Å². The average Bonchev–Trinajstić information content (AvgIpc) is 3.00. The van der Waals surface area contributed by atoms with Crippen molar-refractivity contribution in [2.45, 2.75) is 47.1 Å². The molecule has 0 unspecified atom stereocenters. The molecule has 1 heterocycles. The Hall–Kier alpha value is -3.12. The number of hydrazone groups is 1. The molecule has 2 aromatic carbocycles. The van der Waals surface area contributed by atoms with Gasteiger partial charge in [-0.15, -0.1) is 0 Å². The van der Waals surface area contributed by atoms with Crippen LogP contribution in [0.3, 0.4) is 0 Å². The monoisotopic (exact) mass is 439 g/mol. The zero-order valence-corrected chi connectivity index (χ0v) is 19.3. The second kappa shape index (κ2) is 8.55. The van der Waals surface area contributed by atoms with E-state index in [4.69, 9.17) is 16.3 Å². The van der Waals surface area contributed by atoms with Crippen molar-refractivity contribution in [1.82, 2.24) is 4.57 Å². The van der Waals surface area contributed by atoms with E-state index in [1.54, 1.807) is 30.6 Å². The molecule has 0 aliphatic heterocycles. The Morgan fingerprint density at radius 2 is 1.84 bits per heavy atom. The van der Waals surface area contributed by atoms with Gasteiger partial charge in [0.1, 0.15) is 5.60 Å². The summed E-state index contributed by atoms with van der Waals surface area (Å²) in [6, 6.07) is 11.0. The maximum atomic E-state index is 12.7. The summed E-state index contributed by atoms with van der Waals surface area (Å²) in [5.74, 6) is -0.225. The van der Waals surface area contributed by atoms with E-state index in [-0.39, 0.29) is 5.91 Å². The first-order valence-corrected chi connectivity index (χ1v) is 10.3. The molecule has 3 aromatic rings. The Labute approximate surface area is 187 Å². The molecule has 0 spiro atoms. The van der Waals surface area contributed by atoms with Crippen molar-refractivity contribution in [1.29, 1.82) is 0 Å². The van der Waals surface area contributed by atoms with Gasteiger partial charge in [-0.3, -0.25) is 9.36 Å². The summed E-state index contributed by atoms with van der Waals surface area (Å²) in [7, 11) is 0. The molecule has 3 rings (SSSR count). The van der Waals surface area contributed by atoms with Crippen LogP contribution in [-0.2, 0) is 9.53 Å². The molecule has 0 fully saturated rings. The number of benzene rings is 2. The summed E-state index contributed by atoms with van der Waals surface area (Å²) < 4.78 is 6.94. The fourth-order valence-corrected chi connectivity index (χ4v) is 3.44. The molecule has 0 radical (unpaired) electrons. The Kier molecular flexibility index (Phi) is 6.23. The number of carbonyl (C=O) groups is 2. The van der Waals surface area contributed by atoms with Crippen LogP contribution in [0, 0.1) is 13.8 Å². The minimum Gasteiger partial charge on any atom is -0.443 e. The lowest BCUT2D eigenvalue weighted by molar-refractivity contribution is -0.116. The summed E-state index contributed by atoms with van der Waals surface area (Å²) in [6.45, 7) is 10.8. The van der Waals surface area contributed by atoms with Gasteiger partial charge in [-0.1, -0.05) is 29.3 Å². The highest BCUT2D eigenvalue weighted by Crippen LogP contribution is 2.26. The first kappa shape index (κ1) is 22.6. The number of anilines is 1. The average molecular weight is 440 g/mol. The highest BCUT2D eigenvalue weighted by atomic mass is 35.5. The van der Waals surface area contributed by atoms with Gasteiger partial charge in [0.15, 0.2) is 0 Å². The van der Waals surface area contributed by atoms with Gasteiger partial charge in [-0.05, 0) is 64.4 Å². The van der Waals surface area contributed by atoms with Gasteiger partial charge in [0.25, 0.3) is 0 Å². The second-order valence-electron chi connectivity index (χ2n) is 8.46. The van der Waals surface area contributed by atoms with Crippen LogP contribution in [0.4, 0.5) is 10.5 Å². The zero-order chi connectivity index (χ0) is 22.9. The lowest BCUT2D eigenvalue weighted by Gasteiger charge is -2.19. The second-order valence-corrected chi connectivity index (χ2v) is 8.90. The SMILES string of the molecule is CC(=O)N(/N=C/c1cn(C(=O)OC(C)(C)C)c2ccc(Cl)cc12)c1ccc(C)cc1C. The molecule has 162 valence electrons. The van der Waals surface area contributed by atoms with Gasteiger partial charge in [-0.25, -0.2) is 9.80 Å². The molecule has 1 amide bonds. The van der Waals surface area contributed by atoms with E-state index >= 15 is 0 Å². The molecule has 0 saturated heterocycles. The van der Waals surface area contributed by atoms with E-state index in [2.05, 4.69) is 5.10 Å². The minimum absolute atomic E-state index is 0.225. The maximum absolute atomic E-state index is 12.7. The first-order valence-electron chi connectivity index (χ1n) is 9.92. The molecule has 0 N–H and O–H groups in total. The van der Waals surface area contributed by atoms with Gasteiger partial charge < -0.3 is 4.74 Å². The Morgan fingerprint density at radius 1 is 1.13 bits per heavy atom. The normalized spacial score (nSPS) is 11.8. The lowest BCUT2D eigenvalue weighted by Crippen LogP contribution is -2.26. The van der Waals surface area contributed by atoms with Crippen LogP contribution < -0.4 is 5.01 Å². The highest BCUT2D eigenvalue weighted by Gasteiger charge is 2.21. The molecule has 0 aliphatic rings. The van der Waals surface area contributed by atoms with Crippen molar-refractivity contribution < 1.29 is 14.3 Å². The fraction of sp³-hybridized carbons (Fsp3) is 0.292. The summed E-state index contributed by atoms with van der Waals surface area (Å²) in [6.07, 6.45) is 2.69. The Bertz CT molecular complexity index is 1190. The van der Waals surface area contributed by atoms with E-state index < -0.39 is 11.7 Å². The minimum atomic E-state index is -0.636. The number of aryl methyl sites for hydroxylation is 2. The number of ether oxygens (including phenoxy) is 1. The number of carbonyl (C=O) groups excluding carboxylic acids is 2. The number of nitrogens with zero attached hydrogens (tertiary/aromatic N) is 3. The number of halogens is 1. The molecule has 7 heteroatoms. The molecule has 0 aliphatic carbocycles. The largest absolute Gasteiger partial charge is 0.443 e. The number of hydrogen-bond donors (Lipinski definition) is 0. The fourth-order valence-electron chi connectivity index (χ4n) is 3.27. The van der Waals surface area contributed by atoms with Crippen molar-refractivity contribution in [2.24, 2.45) is 5.10 Å². The highest BCUT2D eigenvalue weighted by molar-refractivity contribution is 6.31. The molecular formula is C24H26ClN3O3. The van der Waals surface area contributed by atoms with Crippen LogP contribution >= 0.6 is 11.6 Å². The van der Waals surface area contributed by atoms with Gasteiger partial charge in [0, 0.05) is 29.1 Å². The molecule has 0 bridgehead atoms. The maximum Gasteiger partial charge on any atom is 0.419 e. The molecule has 0 saturated carbocycles. The predicted octanol–water partition coefficient (Wildman–Crippen LogP) is 6.08. The van der Waals surface area contributed by atoms with Crippen LogP contribution in [0.2, 0.25) is 5.02 Å². The summed E-state index contributed by atoms with van der Waals surface area (Å²) >= 11 is 6.20. The molecule has 6 nitrogen and oxygen atoms in total. The molecule has 0 atom stereocenters. The van der Waals surface area contributed by atoms with Crippen molar-refractivity contribution in [3.8, 4) is 0 Å². The third kappa shape index (κ3) is 5.14. The third-order valence-electron chi connectivity index (χ3n) is 4.58. The van der Waals surface area contributed by atoms with Crippen LogP contribution in [0.1, 0.15) is 44.4 Å². The topological polar surface area (TPSA) is 63.9 Å². The predicted molar refractivity (Wildman–Crippen MR) is 125 cm³/mol. The van der Waals surface area contributed by atoms with Crippen LogP contribution in [0.15, 0.2) is 47.7 Å². The van der Waals surface area contributed by atoms with Crippen molar-refractivity contribution >= 4 is 46.4 Å². The number of hydrogen-bond acceptors (Lipinski definition) is 4. The van der Waals surface area contributed by atoms with E-state index in [1.165, 1.54) is 16.5 Å². The molecule has 1 aromatic heterocycles. The summed E-state index contributed by atoms with van der Waals surface area (Å²) in [4.78, 5) is 25.0. The third-order valence-corrected chi connectivity index (χ3v) is 4.81. The number of amides is 1. The number of aromatic nitrogens is 1. The van der Waals surface area contributed by atoms with Gasteiger partial charge in [-0.2, -0.15) is 5.10 Å². The van der Waals surface area contributed by atoms with E-state index in [9.17, 15) is 9.59 Å². The zero-order valence-electron chi connectivity index (χ0n) is 18.6. The van der Waals surface area contributed by atoms with Crippen LogP contribution in [0.25, 0.3) is 10.9 Å². The van der Waals surface area contributed by atoms with Crippen molar-refractivity contribution in [3.05, 3.63) is 64.3 Å². The van der Waals surface area contributed by atoms with Gasteiger partial charge >= 0.3 is 6.09 Å². The molecular weight excluding hydrogens is 414 g/mol. The van der Waals surface area contributed by atoms with Crippen molar-refractivity contribution in [2.75, 3.05) is 5.01 Å². The number of fused-ring (bicyclic) bond motifs is 1. The van der Waals surface area contributed by atoms with E-state index in [0.29, 0.717) is 21.8 Å². The lowest BCUT2D eigenvalue weighted by atomic mass is 10.1. The van der Waals surface area contributed by atoms with Crippen LogP contribution in [0.5, 0.6) is 0 Å². The Balaban J connectivity index is 2.07. The standard InChI is InChI=1S/C24H26ClN3O3/c1-15-7-9-21(16(2)11-15)28(17(3)29)26-13-18-14-27(23(30)31-24(4,5)6)22-10-8-19(25)12-20(18)22/h7-14H,1-6H3/b26-13+. The van der Waals surface area contributed by atoms with E-state index in [1.807, 2.05) is 52.8 Å². The van der Waals surface area contributed by atoms with Crippen LogP contribution in [-0.4, -0.2) is 28.4 Å². The summed E-state index contributed by atoms with van der Waals surface area (Å²) in [5, 5.41) is 7.03. The smallest absolute Gasteiger partial charge is 0.419 e. The van der Waals surface area contributed by atoms with Gasteiger partial charge in [0.05, 0.1) is 17.4 Å². The number of rotatable bonds is 3. The summed E-state index contributed by atoms with van der Waals surface area (Å²) in [5.41, 5.74) is 3.38.